The van der Waals surface area contributed by atoms with Crippen LogP contribution in [0.25, 0.3) is 0 Å². The molecular formula is C15H23ClN2. The van der Waals surface area contributed by atoms with Gasteiger partial charge in [-0.2, -0.15) is 0 Å². The number of hydrogen-bond acceptors (Lipinski definition) is 2. The third-order valence-electron chi connectivity index (χ3n) is 3.94. The fourth-order valence-electron chi connectivity index (χ4n) is 2.86. The van der Waals surface area contributed by atoms with Crippen LogP contribution in [0.15, 0.2) is 24.3 Å². The van der Waals surface area contributed by atoms with E-state index >= 15 is 0 Å². The van der Waals surface area contributed by atoms with E-state index in [1.54, 1.807) is 0 Å². The van der Waals surface area contributed by atoms with Crippen molar-refractivity contribution < 1.29 is 0 Å². The van der Waals surface area contributed by atoms with E-state index in [0.717, 1.165) is 10.7 Å². The molecule has 0 radical (unpaired) electrons. The summed E-state index contributed by atoms with van der Waals surface area (Å²) in [5, 5.41) is 4.32. The van der Waals surface area contributed by atoms with Gasteiger partial charge in [-0.25, -0.2) is 0 Å². The first-order chi connectivity index (χ1) is 8.81. The zero-order valence-electron chi connectivity index (χ0n) is 10.9. The molecule has 1 aliphatic rings. The summed E-state index contributed by atoms with van der Waals surface area (Å²) in [4.78, 5) is 0. The maximum absolute atomic E-state index is 6.19. The Labute approximate surface area is 115 Å². The molecule has 100 valence electrons. The summed E-state index contributed by atoms with van der Waals surface area (Å²) in [6.45, 7) is 0.676. The summed E-state index contributed by atoms with van der Waals surface area (Å²) in [6, 6.07) is 8.26. The quantitative estimate of drug-likeness (QED) is 0.807. The molecule has 2 rings (SSSR count). The second kappa shape index (κ2) is 7.01. The third-order valence-corrected chi connectivity index (χ3v) is 4.27. The Bertz CT molecular complexity index is 359. The molecule has 18 heavy (non-hydrogen) atoms. The maximum atomic E-state index is 6.19. The van der Waals surface area contributed by atoms with E-state index < -0.39 is 0 Å². The summed E-state index contributed by atoms with van der Waals surface area (Å²) in [6.07, 6.45) is 8.01. The van der Waals surface area contributed by atoms with Crippen molar-refractivity contribution in [2.24, 2.45) is 11.7 Å². The van der Waals surface area contributed by atoms with Crippen molar-refractivity contribution in [3.05, 3.63) is 29.3 Å². The summed E-state index contributed by atoms with van der Waals surface area (Å²) >= 11 is 6.19. The molecule has 0 bridgehead atoms. The fraction of sp³-hybridized carbons (Fsp3) is 0.600. The molecule has 1 aromatic rings. The van der Waals surface area contributed by atoms with E-state index in [9.17, 15) is 0 Å². The standard InChI is InChI=1S/C15H23ClN2/c16-13-9-5-6-10-14(13)18-15(11-17)12-7-3-1-2-4-8-12/h5-6,9-10,12,15,18H,1-4,7-8,11,17H2. The van der Waals surface area contributed by atoms with E-state index in [0.29, 0.717) is 18.5 Å². The van der Waals surface area contributed by atoms with Gasteiger partial charge in [0, 0.05) is 12.6 Å². The summed E-state index contributed by atoms with van der Waals surface area (Å²) in [5.41, 5.74) is 6.96. The Kier molecular flexibility index (Phi) is 5.33. The van der Waals surface area contributed by atoms with Crippen molar-refractivity contribution in [2.75, 3.05) is 11.9 Å². The van der Waals surface area contributed by atoms with Crippen LogP contribution in [0.3, 0.4) is 0 Å². The Morgan fingerprint density at radius 1 is 1.17 bits per heavy atom. The lowest BCUT2D eigenvalue weighted by Crippen LogP contribution is -2.36. The highest BCUT2D eigenvalue weighted by Gasteiger charge is 2.21. The number of para-hydroxylation sites is 1. The molecule has 3 N–H and O–H groups in total. The molecule has 1 fully saturated rings. The van der Waals surface area contributed by atoms with Gasteiger partial charge in [0.05, 0.1) is 10.7 Å². The molecule has 0 aliphatic heterocycles. The number of halogens is 1. The van der Waals surface area contributed by atoms with Crippen molar-refractivity contribution in [1.29, 1.82) is 0 Å². The van der Waals surface area contributed by atoms with Crippen LogP contribution in [-0.2, 0) is 0 Å². The molecule has 3 heteroatoms. The van der Waals surface area contributed by atoms with Crippen molar-refractivity contribution in [1.82, 2.24) is 0 Å². The van der Waals surface area contributed by atoms with E-state index in [1.807, 2.05) is 24.3 Å². The largest absolute Gasteiger partial charge is 0.380 e. The first-order valence-corrected chi connectivity index (χ1v) is 7.40. The third kappa shape index (κ3) is 3.63. The van der Waals surface area contributed by atoms with E-state index in [2.05, 4.69) is 5.32 Å². The van der Waals surface area contributed by atoms with Gasteiger partial charge in [-0.1, -0.05) is 49.4 Å². The molecule has 1 aromatic carbocycles. The molecule has 1 atom stereocenters. The second-order valence-corrected chi connectivity index (χ2v) is 5.63. The predicted octanol–water partition coefficient (Wildman–Crippen LogP) is 4.05. The SMILES string of the molecule is NCC(Nc1ccccc1Cl)C1CCCCCC1. The summed E-state index contributed by atoms with van der Waals surface area (Å²) in [5.74, 6) is 0.689. The second-order valence-electron chi connectivity index (χ2n) is 5.22. The molecule has 0 spiro atoms. The molecule has 0 aromatic heterocycles. The van der Waals surface area contributed by atoms with Crippen LogP contribution in [0.5, 0.6) is 0 Å². The van der Waals surface area contributed by atoms with Gasteiger partial charge in [0.2, 0.25) is 0 Å². The minimum Gasteiger partial charge on any atom is -0.380 e. The molecule has 0 amide bonds. The number of hydrogen-bond donors (Lipinski definition) is 2. The minimum absolute atomic E-state index is 0.350. The van der Waals surface area contributed by atoms with Crippen molar-refractivity contribution in [3.63, 3.8) is 0 Å². The molecule has 1 saturated carbocycles. The Hall–Kier alpha value is -0.730. The lowest BCUT2D eigenvalue weighted by Gasteiger charge is -2.27. The van der Waals surface area contributed by atoms with Crippen LogP contribution < -0.4 is 11.1 Å². The molecule has 2 nitrogen and oxygen atoms in total. The number of rotatable bonds is 4. The Morgan fingerprint density at radius 3 is 2.44 bits per heavy atom. The molecule has 0 saturated heterocycles. The van der Waals surface area contributed by atoms with Crippen molar-refractivity contribution in [3.8, 4) is 0 Å². The highest BCUT2D eigenvalue weighted by atomic mass is 35.5. The van der Waals surface area contributed by atoms with Crippen LogP contribution in [0, 0.1) is 5.92 Å². The molecular weight excluding hydrogens is 244 g/mol. The number of nitrogens with two attached hydrogens (primary N) is 1. The lowest BCUT2D eigenvalue weighted by molar-refractivity contribution is 0.398. The van der Waals surface area contributed by atoms with Crippen LogP contribution in [0.4, 0.5) is 5.69 Å². The predicted molar refractivity (Wildman–Crippen MR) is 79.1 cm³/mol. The van der Waals surface area contributed by atoms with Gasteiger partial charge >= 0.3 is 0 Å². The van der Waals surface area contributed by atoms with Gasteiger partial charge in [0.1, 0.15) is 0 Å². The first kappa shape index (κ1) is 13.7. The number of benzene rings is 1. The van der Waals surface area contributed by atoms with Crippen LogP contribution in [0.1, 0.15) is 38.5 Å². The monoisotopic (exact) mass is 266 g/mol. The topological polar surface area (TPSA) is 38.0 Å². The first-order valence-electron chi connectivity index (χ1n) is 7.02. The van der Waals surface area contributed by atoms with Gasteiger partial charge in [-0.05, 0) is 30.9 Å². The molecule has 0 heterocycles. The van der Waals surface area contributed by atoms with Gasteiger partial charge < -0.3 is 11.1 Å². The molecule has 1 unspecified atom stereocenters. The van der Waals surface area contributed by atoms with Gasteiger partial charge in [0.15, 0.2) is 0 Å². The van der Waals surface area contributed by atoms with Gasteiger partial charge in [-0.15, -0.1) is 0 Å². The Morgan fingerprint density at radius 2 is 1.83 bits per heavy atom. The van der Waals surface area contributed by atoms with E-state index in [4.69, 9.17) is 17.3 Å². The van der Waals surface area contributed by atoms with Crippen LogP contribution in [0.2, 0.25) is 5.02 Å². The smallest absolute Gasteiger partial charge is 0.0637 e. The zero-order chi connectivity index (χ0) is 12.8. The highest BCUT2D eigenvalue weighted by Crippen LogP contribution is 2.29. The fourth-order valence-corrected chi connectivity index (χ4v) is 3.05. The Balaban J connectivity index is 2.02. The number of anilines is 1. The highest BCUT2D eigenvalue weighted by molar-refractivity contribution is 6.33. The maximum Gasteiger partial charge on any atom is 0.0637 e. The molecule has 1 aliphatic carbocycles. The normalized spacial score (nSPS) is 19.2. The van der Waals surface area contributed by atoms with Crippen LogP contribution >= 0.6 is 11.6 Å². The van der Waals surface area contributed by atoms with E-state index in [1.165, 1.54) is 38.5 Å². The van der Waals surface area contributed by atoms with Crippen LogP contribution in [-0.4, -0.2) is 12.6 Å². The van der Waals surface area contributed by atoms with E-state index in [-0.39, 0.29) is 0 Å². The zero-order valence-corrected chi connectivity index (χ0v) is 11.6. The lowest BCUT2D eigenvalue weighted by atomic mass is 9.91. The summed E-state index contributed by atoms with van der Waals surface area (Å²) in [7, 11) is 0. The van der Waals surface area contributed by atoms with Crippen molar-refractivity contribution >= 4 is 17.3 Å². The summed E-state index contributed by atoms with van der Waals surface area (Å²) < 4.78 is 0. The minimum atomic E-state index is 0.350. The average Bonchev–Trinajstić information content (AvgIpc) is 2.67. The van der Waals surface area contributed by atoms with Gasteiger partial charge in [-0.3, -0.25) is 0 Å². The average molecular weight is 267 g/mol. The number of nitrogens with one attached hydrogen (secondary N) is 1. The van der Waals surface area contributed by atoms with Crippen molar-refractivity contribution in [2.45, 2.75) is 44.6 Å². The van der Waals surface area contributed by atoms with Gasteiger partial charge in [0.25, 0.3) is 0 Å².